The highest BCUT2D eigenvalue weighted by Gasteiger charge is 2.33. The molecule has 2 atom stereocenters. The van der Waals surface area contributed by atoms with E-state index in [0.717, 1.165) is 16.4 Å². The molecule has 0 saturated carbocycles. The van der Waals surface area contributed by atoms with Gasteiger partial charge in [0.25, 0.3) is 10.0 Å². The van der Waals surface area contributed by atoms with E-state index < -0.39 is 40.2 Å². The predicted octanol–water partition coefficient (Wildman–Crippen LogP) is 6.31. The fraction of sp³-hybridized carbons (Fsp3) is 0.286. The molecule has 3 aromatic rings. The first-order valence-corrected chi connectivity index (χ1v) is 15.0. The van der Waals surface area contributed by atoms with Gasteiger partial charge in [-0.3, -0.25) is 13.9 Å². The molecule has 0 fully saturated rings. The predicted molar refractivity (Wildman–Crippen MR) is 157 cm³/mol. The molecule has 40 heavy (non-hydrogen) atoms. The Hall–Kier alpha value is -2.85. The number of hydrogen-bond acceptors (Lipinski definition) is 4. The van der Waals surface area contributed by atoms with Crippen LogP contribution in [0.15, 0.2) is 71.6 Å². The number of halogens is 4. The quantitative estimate of drug-likeness (QED) is 0.270. The number of carbonyl (C=O) groups excluding carboxylic acids is 2. The van der Waals surface area contributed by atoms with Crippen LogP contribution in [0.2, 0.25) is 15.1 Å². The molecule has 3 rings (SSSR count). The topological polar surface area (TPSA) is 86.8 Å². The Kier molecular flexibility index (Phi) is 10.8. The van der Waals surface area contributed by atoms with E-state index in [1.807, 2.05) is 13.8 Å². The molecule has 2 amide bonds. The largest absolute Gasteiger partial charge is 0.352 e. The molecule has 12 heteroatoms. The van der Waals surface area contributed by atoms with Crippen molar-refractivity contribution in [1.29, 1.82) is 0 Å². The Morgan fingerprint density at radius 3 is 2.20 bits per heavy atom. The van der Waals surface area contributed by atoms with E-state index in [9.17, 15) is 22.4 Å². The zero-order valence-electron chi connectivity index (χ0n) is 22.1. The standard InChI is InChI=1S/C28H29Cl3FN3O4S/c1-4-18(2)33-28(37)19(3)34(16-20-10-12-23(29)24(30)14-20)27(36)17-35(21-11-13-26(32)25(31)15-21)40(38,39)22-8-6-5-7-9-22/h5-15,18-19H,4,16-17H2,1-3H3,(H,33,37). The van der Waals surface area contributed by atoms with Crippen LogP contribution in [-0.4, -0.2) is 43.8 Å². The summed E-state index contributed by atoms with van der Waals surface area (Å²) in [5.74, 6) is -1.84. The molecule has 1 N–H and O–H groups in total. The highest BCUT2D eigenvalue weighted by atomic mass is 35.5. The molecule has 2 unspecified atom stereocenters. The summed E-state index contributed by atoms with van der Waals surface area (Å²) in [7, 11) is -4.30. The van der Waals surface area contributed by atoms with Gasteiger partial charge in [0.1, 0.15) is 18.4 Å². The van der Waals surface area contributed by atoms with Crippen molar-refractivity contribution >= 4 is 62.3 Å². The Morgan fingerprint density at radius 1 is 0.925 bits per heavy atom. The number of nitrogens with one attached hydrogen (secondary N) is 1. The number of carbonyl (C=O) groups is 2. The Morgan fingerprint density at radius 2 is 1.60 bits per heavy atom. The van der Waals surface area contributed by atoms with Gasteiger partial charge in [0.05, 0.1) is 25.7 Å². The molecule has 0 aliphatic rings. The van der Waals surface area contributed by atoms with E-state index in [4.69, 9.17) is 34.8 Å². The van der Waals surface area contributed by atoms with Gasteiger partial charge in [0.15, 0.2) is 0 Å². The average molecular weight is 629 g/mol. The lowest BCUT2D eigenvalue weighted by atomic mass is 10.1. The molecule has 0 aliphatic carbocycles. The summed E-state index contributed by atoms with van der Waals surface area (Å²) >= 11 is 18.2. The van der Waals surface area contributed by atoms with Gasteiger partial charge in [-0.05, 0) is 68.3 Å². The van der Waals surface area contributed by atoms with Crippen LogP contribution in [0.3, 0.4) is 0 Å². The molecular formula is C28H29Cl3FN3O4S. The summed E-state index contributed by atoms with van der Waals surface area (Å²) in [6.45, 7) is 4.55. The van der Waals surface area contributed by atoms with Crippen molar-refractivity contribution in [3.8, 4) is 0 Å². The van der Waals surface area contributed by atoms with Crippen LogP contribution in [-0.2, 0) is 26.2 Å². The molecule has 0 heterocycles. The zero-order valence-corrected chi connectivity index (χ0v) is 25.2. The normalized spacial score (nSPS) is 12.9. The van der Waals surface area contributed by atoms with Gasteiger partial charge < -0.3 is 10.2 Å². The van der Waals surface area contributed by atoms with Crippen molar-refractivity contribution in [3.63, 3.8) is 0 Å². The van der Waals surface area contributed by atoms with Crippen LogP contribution in [0, 0.1) is 5.82 Å². The van der Waals surface area contributed by atoms with Crippen molar-refractivity contribution in [2.24, 2.45) is 0 Å². The number of sulfonamides is 1. The SMILES string of the molecule is CCC(C)NC(=O)C(C)N(Cc1ccc(Cl)c(Cl)c1)C(=O)CN(c1ccc(F)c(Cl)c1)S(=O)(=O)c1ccccc1. The molecule has 3 aromatic carbocycles. The van der Waals surface area contributed by atoms with Crippen molar-refractivity contribution in [2.75, 3.05) is 10.8 Å². The summed E-state index contributed by atoms with van der Waals surface area (Å²) in [4.78, 5) is 28.1. The Balaban J connectivity index is 2.05. The summed E-state index contributed by atoms with van der Waals surface area (Å²) in [5, 5.41) is 3.12. The minimum atomic E-state index is -4.30. The first-order valence-electron chi connectivity index (χ1n) is 12.4. The first-order chi connectivity index (χ1) is 18.8. The minimum absolute atomic E-state index is 0.0187. The third-order valence-corrected chi connectivity index (χ3v) is 9.12. The molecule has 0 radical (unpaired) electrons. The maximum Gasteiger partial charge on any atom is 0.264 e. The second-order valence-electron chi connectivity index (χ2n) is 9.19. The molecule has 0 aromatic heterocycles. The number of benzene rings is 3. The van der Waals surface area contributed by atoms with Crippen LogP contribution in [0.5, 0.6) is 0 Å². The van der Waals surface area contributed by atoms with Crippen molar-refractivity contribution in [3.05, 3.63) is 93.2 Å². The van der Waals surface area contributed by atoms with Crippen molar-refractivity contribution in [1.82, 2.24) is 10.2 Å². The van der Waals surface area contributed by atoms with Gasteiger partial charge in [-0.25, -0.2) is 12.8 Å². The highest BCUT2D eigenvalue weighted by molar-refractivity contribution is 7.92. The minimum Gasteiger partial charge on any atom is -0.352 e. The fourth-order valence-corrected chi connectivity index (χ4v) is 5.69. The summed E-state index contributed by atoms with van der Waals surface area (Å²) < 4.78 is 42.3. The van der Waals surface area contributed by atoms with Crippen molar-refractivity contribution in [2.45, 2.75) is 50.7 Å². The summed E-state index contributed by atoms with van der Waals surface area (Å²) in [5.41, 5.74) is 0.558. The van der Waals surface area contributed by atoms with E-state index in [-0.39, 0.29) is 33.2 Å². The lowest BCUT2D eigenvalue weighted by molar-refractivity contribution is -0.139. The molecular weight excluding hydrogens is 600 g/mol. The monoisotopic (exact) mass is 627 g/mol. The maximum absolute atomic E-state index is 14.0. The molecule has 0 spiro atoms. The Bertz CT molecular complexity index is 1470. The second kappa shape index (κ2) is 13.7. The van der Waals surface area contributed by atoms with E-state index in [2.05, 4.69) is 5.32 Å². The third-order valence-electron chi connectivity index (χ3n) is 6.31. The molecule has 0 bridgehead atoms. The highest BCUT2D eigenvalue weighted by Crippen LogP contribution is 2.29. The molecule has 7 nitrogen and oxygen atoms in total. The van der Waals surface area contributed by atoms with Gasteiger partial charge in [-0.1, -0.05) is 66.0 Å². The van der Waals surface area contributed by atoms with Gasteiger partial charge in [-0.2, -0.15) is 0 Å². The first kappa shape index (κ1) is 31.7. The van der Waals surface area contributed by atoms with Crippen LogP contribution in [0.25, 0.3) is 0 Å². The summed E-state index contributed by atoms with van der Waals surface area (Å²) in [6.07, 6.45) is 0.674. The van der Waals surface area contributed by atoms with Crippen LogP contribution < -0.4 is 9.62 Å². The summed E-state index contributed by atoms with van der Waals surface area (Å²) in [6, 6.07) is 14.6. The lowest BCUT2D eigenvalue weighted by Crippen LogP contribution is -2.52. The number of amides is 2. The van der Waals surface area contributed by atoms with Crippen LogP contribution in [0.1, 0.15) is 32.8 Å². The number of rotatable bonds is 11. The number of nitrogens with zero attached hydrogens (tertiary/aromatic N) is 2. The lowest BCUT2D eigenvalue weighted by Gasteiger charge is -2.32. The van der Waals surface area contributed by atoms with Gasteiger partial charge in [0.2, 0.25) is 11.8 Å². The van der Waals surface area contributed by atoms with E-state index in [1.165, 1.54) is 23.1 Å². The molecule has 214 valence electrons. The van der Waals surface area contributed by atoms with E-state index >= 15 is 0 Å². The van der Waals surface area contributed by atoms with Gasteiger partial charge in [0, 0.05) is 12.6 Å². The molecule has 0 aliphatic heterocycles. The third kappa shape index (κ3) is 7.66. The second-order valence-corrected chi connectivity index (χ2v) is 12.3. The van der Waals surface area contributed by atoms with Crippen molar-refractivity contribution < 1.29 is 22.4 Å². The van der Waals surface area contributed by atoms with E-state index in [1.54, 1.807) is 43.3 Å². The molecule has 0 saturated heterocycles. The Labute approximate surface area is 248 Å². The number of hydrogen-bond donors (Lipinski definition) is 1. The van der Waals surface area contributed by atoms with Gasteiger partial charge >= 0.3 is 0 Å². The van der Waals surface area contributed by atoms with Crippen LogP contribution >= 0.6 is 34.8 Å². The smallest absolute Gasteiger partial charge is 0.264 e. The zero-order chi connectivity index (χ0) is 29.6. The fourth-order valence-electron chi connectivity index (χ4n) is 3.77. The average Bonchev–Trinajstić information content (AvgIpc) is 2.93. The van der Waals surface area contributed by atoms with Gasteiger partial charge in [-0.15, -0.1) is 0 Å². The van der Waals surface area contributed by atoms with Crippen LogP contribution in [0.4, 0.5) is 10.1 Å². The maximum atomic E-state index is 14.0. The van der Waals surface area contributed by atoms with E-state index in [0.29, 0.717) is 17.0 Å². The number of anilines is 1.